The Labute approximate surface area is 180 Å². The highest BCUT2D eigenvalue weighted by Gasteiger charge is 2.17. The molecule has 3 aromatic rings. The van der Waals surface area contributed by atoms with Crippen molar-refractivity contribution in [2.75, 3.05) is 17.7 Å². The fourth-order valence-corrected chi connectivity index (χ4v) is 4.67. The van der Waals surface area contributed by atoms with Gasteiger partial charge in [-0.15, -0.1) is 11.3 Å². The largest absolute Gasteiger partial charge is 0.456 e. The van der Waals surface area contributed by atoms with Crippen LogP contribution >= 0.6 is 23.1 Å². The van der Waals surface area contributed by atoms with E-state index < -0.39 is 23.4 Å². The quantitative estimate of drug-likeness (QED) is 0.169. The smallest absolute Gasteiger partial charge is 0.306 e. The number of carbonyl (C=O) groups excluding carboxylic acids is 2. The van der Waals surface area contributed by atoms with Gasteiger partial charge >= 0.3 is 5.97 Å². The Kier molecular flexibility index (Phi) is 7.36. The Hall–Kier alpha value is -2.98. The highest BCUT2D eigenvalue weighted by Crippen LogP contribution is 2.29. The van der Waals surface area contributed by atoms with Gasteiger partial charge in [-0.05, 0) is 37.1 Å². The van der Waals surface area contributed by atoms with E-state index >= 15 is 0 Å². The van der Waals surface area contributed by atoms with Crippen LogP contribution in [0, 0.1) is 17.0 Å². The number of nitrogens with zero attached hydrogens (tertiary/aromatic N) is 2. The van der Waals surface area contributed by atoms with Gasteiger partial charge in [-0.1, -0.05) is 30.0 Å². The van der Waals surface area contributed by atoms with Crippen molar-refractivity contribution in [1.29, 1.82) is 0 Å². The predicted octanol–water partition coefficient (Wildman–Crippen LogP) is 4.57. The molecule has 0 aliphatic rings. The zero-order valence-electron chi connectivity index (χ0n) is 16.1. The summed E-state index contributed by atoms with van der Waals surface area (Å²) in [6.07, 6.45) is 0.764. The van der Waals surface area contributed by atoms with Crippen LogP contribution in [-0.4, -0.2) is 34.1 Å². The second-order valence-corrected chi connectivity index (χ2v) is 8.76. The number of benzene rings is 2. The number of aromatic nitrogens is 1. The molecule has 156 valence electrons. The van der Waals surface area contributed by atoms with E-state index in [0.29, 0.717) is 17.7 Å². The first-order valence-electron chi connectivity index (χ1n) is 9.11. The fourth-order valence-electron chi connectivity index (χ4n) is 2.59. The number of nitro groups is 1. The average molecular weight is 446 g/mol. The molecule has 0 saturated heterocycles. The van der Waals surface area contributed by atoms with Crippen LogP contribution in [0.2, 0.25) is 0 Å². The molecule has 1 aromatic heterocycles. The van der Waals surface area contributed by atoms with Crippen LogP contribution in [-0.2, 0) is 14.3 Å². The van der Waals surface area contributed by atoms with Gasteiger partial charge in [-0.3, -0.25) is 19.7 Å². The summed E-state index contributed by atoms with van der Waals surface area (Å²) in [4.78, 5) is 38.8. The topological polar surface area (TPSA) is 111 Å². The Morgan fingerprint density at radius 2 is 2.07 bits per heavy atom. The third-order valence-electron chi connectivity index (χ3n) is 4.01. The van der Waals surface area contributed by atoms with E-state index in [1.54, 1.807) is 36.1 Å². The van der Waals surface area contributed by atoms with Crippen LogP contribution in [0.4, 0.5) is 11.4 Å². The molecule has 30 heavy (non-hydrogen) atoms. The summed E-state index contributed by atoms with van der Waals surface area (Å²) < 4.78 is 7.03. The van der Waals surface area contributed by atoms with Gasteiger partial charge in [0.2, 0.25) is 0 Å². The van der Waals surface area contributed by atoms with Gasteiger partial charge in [0, 0.05) is 18.2 Å². The molecular weight excluding hydrogens is 426 g/mol. The van der Waals surface area contributed by atoms with Crippen molar-refractivity contribution in [3.63, 3.8) is 0 Å². The number of thioether (sulfide) groups is 1. The second-order valence-electron chi connectivity index (χ2n) is 6.39. The zero-order valence-corrected chi connectivity index (χ0v) is 17.8. The van der Waals surface area contributed by atoms with E-state index in [-0.39, 0.29) is 17.8 Å². The number of amides is 1. The number of carbonyl (C=O) groups is 2. The number of para-hydroxylation sites is 1. The summed E-state index contributed by atoms with van der Waals surface area (Å²) in [6.45, 7) is 1.23. The molecule has 1 amide bonds. The highest BCUT2D eigenvalue weighted by atomic mass is 32.2. The third kappa shape index (κ3) is 6.01. The lowest BCUT2D eigenvalue weighted by atomic mass is 10.2. The lowest BCUT2D eigenvalue weighted by Crippen LogP contribution is -2.21. The standard InChI is InChI=1S/C20H19N3O5S2/c1-13-8-9-14(16(11-13)23(26)27)21-18(24)12-28-19(25)7-4-10-29-20-22-15-5-2-3-6-17(15)30-20/h2-3,5-6,8-9,11H,4,7,10,12H2,1H3,(H,21,24). The van der Waals surface area contributed by atoms with E-state index in [1.807, 2.05) is 24.3 Å². The number of nitrogens with one attached hydrogen (secondary N) is 1. The highest BCUT2D eigenvalue weighted by molar-refractivity contribution is 8.01. The molecule has 0 bridgehead atoms. The number of esters is 1. The SMILES string of the molecule is Cc1ccc(NC(=O)COC(=O)CCCSc2nc3ccccc3s2)c([N+](=O)[O-])c1. The van der Waals surface area contributed by atoms with Crippen molar-refractivity contribution in [3.05, 3.63) is 58.1 Å². The van der Waals surface area contributed by atoms with Crippen molar-refractivity contribution in [1.82, 2.24) is 4.98 Å². The maximum atomic E-state index is 12.0. The number of nitro benzene ring substituents is 1. The van der Waals surface area contributed by atoms with Gasteiger partial charge in [0.15, 0.2) is 10.9 Å². The van der Waals surface area contributed by atoms with Crippen LogP contribution in [0.5, 0.6) is 0 Å². The minimum Gasteiger partial charge on any atom is -0.456 e. The van der Waals surface area contributed by atoms with Gasteiger partial charge in [0.25, 0.3) is 11.6 Å². The number of fused-ring (bicyclic) bond motifs is 1. The molecule has 0 aliphatic carbocycles. The average Bonchev–Trinajstić information content (AvgIpc) is 3.13. The van der Waals surface area contributed by atoms with Gasteiger partial charge in [-0.25, -0.2) is 4.98 Å². The Bertz CT molecular complexity index is 1050. The molecule has 10 heteroatoms. The van der Waals surface area contributed by atoms with Crippen LogP contribution < -0.4 is 5.32 Å². The molecule has 0 unspecified atom stereocenters. The fraction of sp³-hybridized carbons (Fsp3) is 0.250. The molecule has 0 aliphatic heterocycles. The van der Waals surface area contributed by atoms with E-state index in [0.717, 1.165) is 14.6 Å². The van der Waals surface area contributed by atoms with Crippen LogP contribution in [0.25, 0.3) is 10.2 Å². The number of thiazole rings is 1. The lowest BCUT2D eigenvalue weighted by molar-refractivity contribution is -0.384. The number of hydrogen-bond acceptors (Lipinski definition) is 8. The van der Waals surface area contributed by atoms with Crippen molar-refractivity contribution in [2.24, 2.45) is 0 Å². The first kappa shape index (κ1) is 21.7. The summed E-state index contributed by atoms with van der Waals surface area (Å²) in [7, 11) is 0. The van der Waals surface area contributed by atoms with Crippen LogP contribution in [0.3, 0.4) is 0 Å². The lowest BCUT2D eigenvalue weighted by Gasteiger charge is -2.07. The van der Waals surface area contributed by atoms with Crippen molar-refractivity contribution in [2.45, 2.75) is 24.1 Å². The molecule has 2 aromatic carbocycles. The van der Waals surface area contributed by atoms with Crippen LogP contribution in [0.1, 0.15) is 18.4 Å². The maximum absolute atomic E-state index is 12.0. The number of aryl methyl sites for hydroxylation is 1. The Balaban J connectivity index is 1.38. The zero-order chi connectivity index (χ0) is 21.5. The Morgan fingerprint density at radius 3 is 2.83 bits per heavy atom. The molecular formula is C20H19N3O5S2. The summed E-state index contributed by atoms with van der Waals surface area (Å²) in [5, 5.41) is 13.5. The molecule has 0 radical (unpaired) electrons. The number of rotatable bonds is 9. The molecule has 0 saturated carbocycles. The normalized spacial score (nSPS) is 10.7. The summed E-state index contributed by atoms with van der Waals surface area (Å²) in [6, 6.07) is 12.4. The molecule has 0 fully saturated rings. The van der Waals surface area contributed by atoms with Gasteiger partial charge < -0.3 is 10.1 Å². The molecule has 1 N–H and O–H groups in total. The van der Waals surface area contributed by atoms with Gasteiger partial charge in [0.05, 0.1) is 15.1 Å². The predicted molar refractivity (Wildman–Crippen MR) is 117 cm³/mol. The minimum absolute atomic E-state index is 0.0684. The molecule has 0 atom stereocenters. The van der Waals surface area contributed by atoms with E-state index in [4.69, 9.17) is 4.74 Å². The molecule has 8 nitrogen and oxygen atoms in total. The number of hydrogen-bond donors (Lipinski definition) is 1. The van der Waals surface area contributed by atoms with Crippen molar-refractivity contribution in [3.8, 4) is 0 Å². The number of anilines is 1. The van der Waals surface area contributed by atoms with Crippen LogP contribution in [0.15, 0.2) is 46.8 Å². The maximum Gasteiger partial charge on any atom is 0.306 e. The monoisotopic (exact) mass is 445 g/mol. The summed E-state index contributed by atoms with van der Waals surface area (Å²) >= 11 is 3.19. The molecule has 3 rings (SSSR count). The minimum atomic E-state index is -0.626. The number of ether oxygens (including phenoxy) is 1. The summed E-state index contributed by atoms with van der Waals surface area (Å²) in [5.74, 6) is -0.413. The molecule has 0 spiro atoms. The van der Waals surface area contributed by atoms with E-state index in [2.05, 4.69) is 10.3 Å². The first-order valence-corrected chi connectivity index (χ1v) is 10.9. The Morgan fingerprint density at radius 1 is 1.27 bits per heavy atom. The van der Waals surface area contributed by atoms with E-state index in [9.17, 15) is 19.7 Å². The van der Waals surface area contributed by atoms with Gasteiger partial charge in [-0.2, -0.15) is 0 Å². The first-order chi connectivity index (χ1) is 14.4. The molecule has 1 heterocycles. The summed E-state index contributed by atoms with van der Waals surface area (Å²) in [5.41, 5.74) is 1.53. The van der Waals surface area contributed by atoms with Crippen molar-refractivity contribution < 1.29 is 19.2 Å². The van der Waals surface area contributed by atoms with Gasteiger partial charge in [0.1, 0.15) is 5.69 Å². The van der Waals surface area contributed by atoms with E-state index in [1.165, 1.54) is 12.1 Å². The second kappa shape index (κ2) is 10.2. The third-order valence-corrected chi connectivity index (χ3v) is 6.28. The van der Waals surface area contributed by atoms with Crippen molar-refractivity contribution >= 4 is 56.6 Å².